The zero-order valence-electron chi connectivity index (χ0n) is 15.9. The molecule has 0 atom stereocenters. The van der Waals surface area contributed by atoms with Crippen molar-refractivity contribution in [3.8, 4) is 11.4 Å². The molecule has 0 bridgehead atoms. The molecule has 2 aromatic heterocycles. The molecule has 5 rings (SSSR count). The second-order valence-corrected chi connectivity index (χ2v) is 7.19. The number of tetrazole rings is 1. The van der Waals surface area contributed by atoms with Gasteiger partial charge in [-0.05, 0) is 47.5 Å². The molecular weight excluding hydrogens is 370 g/mol. The minimum atomic E-state index is -0.196. The Morgan fingerprint density at radius 1 is 1.14 bits per heavy atom. The molecule has 2 aliphatic rings. The first-order valence-electron chi connectivity index (χ1n) is 9.77. The number of hydrogen-bond acceptors (Lipinski definition) is 7. The van der Waals surface area contributed by atoms with E-state index in [4.69, 9.17) is 4.74 Å². The summed E-state index contributed by atoms with van der Waals surface area (Å²) in [7, 11) is 0. The first kappa shape index (κ1) is 17.7. The first-order valence-corrected chi connectivity index (χ1v) is 9.77. The molecule has 1 aliphatic carbocycles. The third kappa shape index (κ3) is 3.68. The molecule has 1 N–H and O–H groups in total. The summed E-state index contributed by atoms with van der Waals surface area (Å²) in [5.74, 6) is 1.21. The highest BCUT2D eigenvalue weighted by atomic mass is 16.5. The molecule has 0 unspecified atom stereocenters. The van der Waals surface area contributed by atoms with Gasteiger partial charge in [-0.1, -0.05) is 12.1 Å². The Morgan fingerprint density at radius 3 is 2.83 bits per heavy atom. The number of nitrogens with zero attached hydrogens (tertiary/aromatic N) is 6. The number of benzene rings is 1. The lowest BCUT2D eigenvalue weighted by Gasteiger charge is -2.29. The van der Waals surface area contributed by atoms with Crippen molar-refractivity contribution in [2.24, 2.45) is 0 Å². The van der Waals surface area contributed by atoms with Crippen LogP contribution in [0.25, 0.3) is 11.4 Å². The maximum Gasteiger partial charge on any atom is 0.259 e. The second-order valence-electron chi connectivity index (χ2n) is 7.19. The Hall–Kier alpha value is -3.33. The van der Waals surface area contributed by atoms with Gasteiger partial charge in [0.25, 0.3) is 5.91 Å². The summed E-state index contributed by atoms with van der Waals surface area (Å²) in [5.41, 5.74) is 2.11. The zero-order chi connectivity index (χ0) is 19.6. The van der Waals surface area contributed by atoms with Crippen LogP contribution in [0.3, 0.4) is 0 Å². The van der Waals surface area contributed by atoms with E-state index in [0.717, 1.165) is 37.3 Å². The topological polar surface area (TPSA) is 98.1 Å². The number of rotatable bonds is 5. The number of aromatic nitrogens is 5. The Labute approximate surface area is 167 Å². The SMILES string of the molecule is O=C(Nc1cccc(-c2nnnn2C2CC2)c1)c1cccnc1N1CCOCC1. The number of carbonyl (C=O) groups is 1. The van der Waals surface area contributed by atoms with Gasteiger partial charge in [0.2, 0.25) is 0 Å². The summed E-state index contributed by atoms with van der Waals surface area (Å²) in [6.07, 6.45) is 3.90. The van der Waals surface area contributed by atoms with Crippen LogP contribution in [0.5, 0.6) is 0 Å². The summed E-state index contributed by atoms with van der Waals surface area (Å²) in [6, 6.07) is 11.5. The fourth-order valence-electron chi connectivity index (χ4n) is 3.48. The molecule has 0 spiro atoms. The Bertz CT molecular complexity index is 1020. The fraction of sp³-hybridized carbons (Fsp3) is 0.350. The summed E-state index contributed by atoms with van der Waals surface area (Å²) in [6.45, 7) is 2.71. The lowest BCUT2D eigenvalue weighted by molar-refractivity contribution is 0.102. The molecule has 1 saturated carbocycles. The van der Waals surface area contributed by atoms with E-state index in [0.29, 0.717) is 36.3 Å². The summed E-state index contributed by atoms with van der Waals surface area (Å²) in [5, 5.41) is 15.1. The van der Waals surface area contributed by atoms with Crippen molar-refractivity contribution in [3.05, 3.63) is 48.2 Å². The molecule has 1 aromatic carbocycles. The third-order valence-electron chi connectivity index (χ3n) is 5.11. The fourth-order valence-corrected chi connectivity index (χ4v) is 3.48. The van der Waals surface area contributed by atoms with Crippen molar-refractivity contribution in [3.63, 3.8) is 0 Å². The molecule has 29 heavy (non-hydrogen) atoms. The molecule has 2 fully saturated rings. The van der Waals surface area contributed by atoms with Gasteiger partial charge in [-0.25, -0.2) is 9.67 Å². The van der Waals surface area contributed by atoms with Gasteiger partial charge < -0.3 is 15.0 Å². The highest BCUT2D eigenvalue weighted by Gasteiger charge is 2.28. The minimum absolute atomic E-state index is 0.196. The molecular formula is C20H21N7O2. The van der Waals surface area contributed by atoms with Gasteiger partial charge in [0.1, 0.15) is 5.82 Å². The van der Waals surface area contributed by atoms with Crippen LogP contribution in [0, 0.1) is 0 Å². The van der Waals surface area contributed by atoms with Gasteiger partial charge in [-0.15, -0.1) is 5.10 Å². The van der Waals surface area contributed by atoms with Gasteiger partial charge >= 0.3 is 0 Å². The summed E-state index contributed by atoms with van der Waals surface area (Å²) < 4.78 is 7.27. The number of pyridine rings is 1. The van der Waals surface area contributed by atoms with E-state index in [1.807, 2.05) is 28.9 Å². The average Bonchev–Trinajstić information content (AvgIpc) is 3.50. The molecule has 0 radical (unpaired) electrons. The maximum atomic E-state index is 13.0. The van der Waals surface area contributed by atoms with Crippen molar-refractivity contribution in [2.45, 2.75) is 18.9 Å². The van der Waals surface area contributed by atoms with Gasteiger partial charge in [0.15, 0.2) is 5.82 Å². The van der Waals surface area contributed by atoms with Crippen molar-refractivity contribution < 1.29 is 9.53 Å². The van der Waals surface area contributed by atoms with Crippen LogP contribution in [-0.4, -0.2) is 57.4 Å². The van der Waals surface area contributed by atoms with Crippen molar-refractivity contribution in [2.75, 3.05) is 36.5 Å². The standard InChI is InChI=1S/C20H21N7O2/c28-20(17-5-2-8-21-19(17)26-9-11-29-12-10-26)22-15-4-1-3-14(13-15)18-23-24-25-27(18)16-6-7-16/h1-5,8,13,16H,6-7,9-12H2,(H,22,28). The number of ether oxygens (including phenoxy) is 1. The largest absolute Gasteiger partial charge is 0.378 e. The zero-order valence-corrected chi connectivity index (χ0v) is 15.9. The molecule has 9 nitrogen and oxygen atoms in total. The highest BCUT2D eigenvalue weighted by molar-refractivity contribution is 6.07. The quantitative estimate of drug-likeness (QED) is 0.712. The van der Waals surface area contributed by atoms with E-state index in [2.05, 4.69) is 30.7 Å². The van der Waals surface area contributed by atoms with Gasteiger partial charge in [-0.3, -0.25) is 4.79 Å². The van der Waals surface area contributed by atoms with Crippen LogP contribution < -0.4 is 10.2 Å². The lowest BCUT2D eigenvalue weighted by atomic mass is 10.1. The van der Waals surface area contributed by atoms with Gasteiger partial charge in [0.05, 0.1) is 24.8 Å². The minimum Gasteiger partial charge on any atom is -0.378 e. The molecule has 9 heteroatoms. The number of morpholine rings is 1. The molecule has 1 saturated heterocycles. The smallest absolute Gasteiger partial charge is 0.259 e. The van der Waals surface area contributed by atoms with Crippen molar-refractivity contribution in [1.82, 2.24) is 25.2 Å². The van der Waals surface area contributed by atoms with Crippen molar-refractivity contribution in [1.29, 1.82) is 0 Å². The number of hydrogen-bond donors (Lipinski definition) is 1. The number of carbonyl (C=O) groups excluding carboxylic acids is 1. The van der Waals surface area contributed by atoms with Crippen LogP contribution >= 0.6 is 0 Å². The average molecular weight is 391 g/mol. The molecule has 3 heterocycles. The van der Waals surface area contributed by atoms with E-state index < -0.39 is 0 Å². The number of nitrogens with one attached hydrogen (secondary N) is 1. The summed E-state index contributed by atoms with van der Waals surface area (Å²) >= 11 is 0. The Balaban J connectivity index is 1.38. The monoisotopic (exact) mass is 391 g/mol. The van der Waals surface area contributed by atoms with Gasteiger partial charge in [0, 0.05) is 30.5 Å². The normalized spacial score (nSPS) is 16.6. The Morgan fingerprint density at radius 2 is 2.00 bits per heavy atom. The molecule has 1 aliphatic heterocycles. The third-order valence-corrected chi connectivity index (χ3v) is 5.11. The first-order chi connectivity index (χ1) is 14.3. The van der Waals surface area contributed by atoms with E-state index in [-0.39, 0.29) is 5.91 Å². The predicted molar refractivity (Wildman–Crippen MR) is 107 cm³/mol. The molecule has 148 valence electrons. The van der Waals surface area contributed by atoms with E-state index >= 15 is 0 Å². The highest BCUT2D eigenvalue weighted by Crippen LogP contribution is 2.36. The van der Waals surface area contributed by atoms with E-state index in [1.54, 1.807) is 18.3 Å². The van der Waals surface area contributed by atoms with Crippen LogP contribution in [-0.2, 0) is 4.74 Å². The van der Waals surface area contributed by atoms with Crippen LogP contribution in [0.2, 0.25) is 0 Å². The Kier molecular flexibility index (Phi) is 4.65. The van der Waals surface area contributed by atoms with Crippen LogP contribution in [0.1, 0.15) is 29.2 Å². The lowest BCUT2D eigenvalue weighted by Crippen LogP contribution is -2.38. The van der Waals surface area contributed by atoms with E-state index in [9.17, 15) is 4.79 Å². The van der Waals surface area contributed by atoms with Crippen LogP contribution in [0.4, 0.5) is 11.5 Å². The number of anilines is 2. The molecule has 3 aromatic rings. The predicted octanol–water partition coefficient (Wildman–Crippen LogP) is 2.16. The second kappa shape index (κ2) is 7.59. The van der Waals surface area contributed by atoms with Crippen LogP contribution in [0.15, 0.2) is 42.6 Å². The summed E-state index contributed by atoms with van der Waals surface area (Å²) in [4.78, 5) is 19.5. The number of amides is 1. The van der Waals surface area contributed by atoms with Gasteiger partial charge in [-0.2, -0.15) is 0 Å². The van der Waals surface area contributed by atoms with Crippen molar-refractivity contribution >= 4 is 17.4 Å². The van der Waals surface area contributed by atoms with E-state index in [1.165, 1.54) is 0 Å². The maximum absolute atomic E-state index is 13.0. The molecule has 1 amide bonds.